The van der Waals surface area contributed by atoms with Gasteiger partial charge in [0.1, 0.15) is 0 Å². The van der Waals surface area contributed by atoms with Crippen LogP contribution in [0.1, 0.15) is 13.8 Å². The molecule has 0 fully saturated rings. The number of rotatable bonds is 7. The Hall–Kier alpha value is -2.66. The summed E-state index contributed by atoms with van der Waals surface area (Å²) in [6.45, 7) is 5.05. The molecule has 3 rings (SSSR count). The first-order chi connectivity index (χ1) is 12.7. The first-order valence-corrected chi connectivity index (χ1v) is 8.63. The van der Waals surface area contributed by atoms with E-state index in [9.17, 15) is 0 Å². The number of pyridine rings is 1. The minimum absolute atomic E-state index is 0. The lowest BCUT2D eigenvalue weighted by Gasteiger charge is -2.16. The van der Waals surface area contributed by atoms with Crippen LogP contribution in [0.15, 0.2) is 42.6 Å². The van der Waals surface area contributed by atoms with Gasteiger partial charge in [-0.1, -0.05) is 6.07 Å². The Kier molecular flexibility index (Phi) is 7.13. The second-order valence-corrected chi connectivity index (χ2v) is 5.55. The van der Waals surface area contributed by atoms with E-state index in [0.29, 0.717) is 24.7 Å². The van der Waals surface area contributed by atoms with Gasteiger partial charge in [-0.3, -0.25) is 4.98 Å². The maximum Gasteiger partial charge on any atom is 0.170 e. The van der Waals surface area contributed by atoms with Crippen LogP contribution < -0.4 is 18.9 Å². The van der Waals surface area contributed by atoms with E-state index in [2.05, 4.69) is 4.98 Å². The number of para-hydroxylation sites is 1. The average Bonchev–Trinajstić information content (AvgIpc) is 2.68. The molecule has 0 atom stereocenters. The van der Waals surface area contributed by atoms with Crippen LogP contribution in [-0.2, 0) is 0 Å². The van der Waals surface area contributed by atoms with Gasteiger partial charge in [-0.15, -0.1) is 12.4 Å². The number of hydrogen-bond donors (Lipinski definition) is 0. The fourth-order valence-electron chi connectivity index (χ4n) is 3.06. The first kappa shape index (κ1) is 20.6. The number of benzene rings is 2. The van der Waals surface area contributed by atoms with Crippen molar-refractivity contribution in [3.05, 3.63) is 42.6 Å². The molecule has 0 spiro atoms. The van der Waals surface area contributed by atoms with E-state index >= 15 is 0 Å². The second kappa shape index (κ2) is 9.33. The van der Waals surface area contributed by atoms with Crippen LogP contribution >= 0.6 is 12.4 Å². The van der Waals surface area contributed by atoms with Gasteiger partial charge in [0.2, 0.25) is 0 Å². The van der Waals surface area contributed by atoms with Crippen molar-refractivity contribution in [3.8, 4) is 34.3 Å². The molecular weight excluding hydrogens is 366 g/mol. The highest BCUT2D eigenvalue weighted by atomic mass is 35.5. The van der Waals surface area contributed by atoms with Gasteiger partial charge in [0.25, 0.3) is 0 Å². The van der Waals surface area contributed by atoms with Crippen LogP contribution in [-0.4, -0.2) is 32.4 Å². The van der Waals surface area contributed by atoms with Crippen LogP contribution in [0.4, 0.5) is 0 Å². The molecule has 1 aromatic heterocycles. The van der Waals surface area contributed by atoms with Crippen LogP contribution in [0.2, 0.25) is 0 Å². The minimum Gasteiger partial charge on any atom is -0.493 e. The number of aromatic nitrogens is 1. The van der Waals surface area contributed by atoms with Crippen molar-refractivity contribution in [1.82, 2.24) is 4.98 Å². The van der Waals surface area contributed by atoms with Gasteiger partial charge in [-0.25, -0.2) is 0 Å². The largest absolute Gasteiger partial charge is 0.493 e. The molecule has 0 saturated carbocycles. The lowest BCUT2D eigenvalue weighted by atomic mass is 10.0. The Balaban J connectivity index is 0.00000261. The van der Waals surface area contributed by atoms with E-state index in [0.717, 1.165) is 33.5 Å². The Morgan fingerprint density at radius 1 is 0.778 bits per heavy atom. The first-order valence-electron chi connectivity index (χ1n) is 8.63. The predicted molar refractivity (Wildman–Crippen MR) is 110 cm³/mol. The third-order valence-electron chi connectivity index (χ3n) is 4.11. The molecule has 0 amide bonds. The third kappa shape index (κ3) is 3.88. The number of fused-ring (bicyclic) bond motifs is 1. The summed E-state index contributed by atoms with van der Waals surface area (Å²) < 4.78 is 22.6. The molecule has 0 aliphatic heterocycles. The summed E-state index contributed by atoms with van der Waals surface area (Å²) in [5.74, 6) is 2.79. The van der Waals surface area contributed by atoms with E-state index < -0.39 is 0 Å². The van der Waals surface area contributed by atoms with Crippen molar-refractivity contribution in [2.45, 2.75) is 13.8 Å². The standard InChI is InChI=1S/C21H23NO4.ClH/c1-5-25-18-11-10-14-15(21(18)26-6-2)12-13-22-19(14)16-8-7-9-17(23-3)20(16)24-4;/h7-13H,5-6H2,1-4H3;1H. The molecule has 0 saturated heterocycles. The molecule has 0 unspecified atom stereocenters. The fraction of sp³-hybridized carbons (Fsp3) is 0.286. The van der Waals surface area contributed by atoms with E-state index in [1.807, 2.05) is 50.2 Å². The summed E-state index contributed by atoms with van der Waals surface area (Å²) in [5, 5.41) is 1.92. The van der Waals surface area contributed by atoms with Crippen molar-refractivity contribution in [3.63, 3.8) is 0 Å². The SMILES string of the molecule is CCOc1ccc2c(-c3cccc(OC)c3OC)nccc2c1OCC.Cl. The van der Waals surface area contributed by atoms with Crippen LogP contribution in [0.3, 0.4) is 0 Å². The normalized spacial score (nSPS) is 10.2. The van der Waals surface area contributed by atoms with E-state index in [-0.39, 0.29) is 12.4 Å². The Labute approximate surface area is 165 Å². The smallest absolute Gasteiger partial charge is 0.170 e. The molecule has 0 N–H and O–H groups in total. The van der Waals surface area contributed by atoms with Gasteiger partial charge in [0.05, 0.1) is 33.1 Å². The monoisotopic (exact) mass is 389 g/mol. The zero-order chi connectivity index (χ0) is 18.5. The summed E-state index contributed by atoms with van der Waals surface area (Å²) in [5.41, 5.74) is 1.67. The fourth-order valence-corrected chi connectivity index (χ4v) is 3.06. The highest BCUT2D eigenvalue weighted by molar-refractivity contribution is 6.00. The molecule has 0 aliphatic carbocycles. The zero-order valence-electron chi connectivity index (χ0n) is 15.9. The van der Waals surface area contributed by atoms with Gasteiger partial charge >= 0.3 is 0 Å². The highest BCUT2D eigenvalue weighted by Gasteiger charge is 2.18. The molecule has 144 valence electrons. The summed E-state index contributed by atoms with van der Waals surface area (Å²) in [4.78, 5) is 4.61. The quantitative estimate of drug-likeness (QED) is 0.560. The third-order valence-corrected chi connectivity index (χ3v) is 4.11. The van der Waals surface area contributed by atoms with Crippen molar-refractivity contribution < 1.29 is 18.9 Å². The molecule has 1 heterocycles. The summed E-state index contributed by atoms with van der Waals surface area (Å²) in [7, 11) is 3.25. The van der Waals surface area contributed by atoms with Gasteiger partial charge < -0.3 is 18.9 Å². The molecule has 6 heteroatoms. The summed E-state index contributed by atoms with van der Waals surface area (Å²) in [6.07, 6.45) is 1.77. The Morgan fingerprint density at radius 3 is 2.22 bits per heavy atom. The lowest BCUT2D eigenvalue weighted by molar-refractivity contribution is 0.291. The molecule has 27 heavy (non-hydrogen) atoms. The zero-order valence-corrected chi connectivity index (χ0v) is 16.8. The summed E-state index contributed by atoms with van der Waals surface area (Å²) >= 11 is 0. The number of ether oxygens (including phenoxy) is 4. The molecule has 0 aliphatic rings. The highest BCUT2D eigenvalue weighted by Crippen LogP contribution is 2.43. The van der Waals surface area contributed by atoms with Gasteiger partial charge in [-0.05, 0) is 44.2 Å². The molecule has 5 nitrogen and oxygen atoms in total. The second-order valence-electron chi connectivity index (χ2n) is 5.55. The molecule has 0 radical (unpaired) electrons. The average molecular weight is 390 g/mol. The van der Waals surface area contributed by atoms with E-state index in [1.165, 1.54) is 0 Å². The Morgan fingerprint density at radius 2 is 1.56 bits per heavy atom. The lowest BCUT2D eigenvalue weighted by Crippen LogP contribution is -2.00. The molecular formula is C21H24ClNO4. The van der Waals surface area contributed by atoms with Crippen molar-refractivity contribution in [2.75, 3.05) is 27.4 Å². The van der Waals surface area contributed by atoms with Gasteiger partial charge in [-0.2, -0.15) is 0 Å². The number of hydrogen-bond acceptors (Lipinski definition) is 5. The van der Waals surface area contributed by atoms with Crippen LogP contribution in [0, 0.1) is 0 Å². The maximum absolute atomic E-state index is 5.89. The number of methoxy groups -OCH3 is 2. The topological polar surface area (TPSA) is 49.8 Å². The van der Waals surface area contributed by atoms with E-state index in [4.69, 9.17) is 18.9 Å². The predicted octanol–water partition coefficient (Wildman–Crippen LogP) is 5.14. The summed E-state index contributed by atoms with van der Waals surface area (Å²) in [6, 6.07) is 11.6. The minimum atomic E-state index is 0. The van der Waals surface area contributed by atoms with Gasteiger partial charge in [0.15, 0.2) is 23.0 Å². The van der Waals surface area contributed by atoms with Crippen LogP contribution in [0.25, 0.3) is 22.0 Å². The van der Waals surface area contributed by atoms with Gasteiger partial charge in [0, 0.05) is 22.5 Å². The molecule has 3 aromatic rings. The maximum atomic E-state index is 5.89. The molecule has 2 aromatic carbocycles. The molecule has 0 bridgehead atoms. The van der Waals surface area contributed by atoms with Crippen LogP contribution in [0.5, 0.6) is 23.0 Å². The Bertz CT molecular complexity index is 914. The van der Waals surface area contributed by atoms with Crippen molar-refractivity contribution >= 4 is 23.2 Å². The van der Waals surface area contributed by atoms with E-state index in [1.54, 1.807) is 20.4 Å². The van der Waals surface area contributed by atoms with Crippen molar-refractivity contribution in [1.29, 1.82) is 0 Å². The number of nitrogens with zero attached hydrogens (tertiary/aromatic N) is 1. The number of halogens is 1. The van der Waals surface area contributed by atoms with Crippen molar-refractivity contribution in [2.24, 2.45) is 0 Å².